The molecule has 15 heavy (non-hydrogen) atoms. The van der Waals surface area contributed by atoms with Gasteiger partial charge in [-0.3, -0.25) is 4.79 Å². The number of benzene rings is 1. The molecule has 2 N–H and O–H groups in total. The molecule has 78 valence electrons. The van der Waals surface area contributed by atoms with Crippen LogP contribution < -0.4 is 5.73 Å². The lowest BCUT2D eigenvalue weighted by molar-refractivity contribution is 0.0980. The zero-order valence-corrected chi connectivity index (χ0v) is 9.09. The molecule has 0 spiro atoms. The van der Waals surface area contributed by atoms with E-state index in [1.807, 2.05) is 24.3 Å². The average Bonchev–Trinajstić information content (AvgIpc) is 2.69. The lowest BCUT2D eigenvalue weighted by atomic mass is 10.2. The molecule has 0 amide bonds. The number of fused-ring (bicyclic) bond motifs is 1. The van der Waals surface area contributed by atoms with Gasteiger partial charge in [0.15, 0.2) is 10.8 Å². The van der Waals surface area contributed by atoms with E-state index in [1.165, 1.54) is 11.3 Å². The van der Waals surface area contributed by atoms with Crippen molar-refractivity contribution < 1.29 is 4.79 Å². The molecule has 0 saturated carbocycles. The summed E-state index contributed by atoms with van der Waals surface area (Å²) < 4.78 is 1.06. The first-order valence-corrected chi connectivity index (χ1v) is 5.72. The minimum atomic E-state index is 0.0987. The first-order chi connectivity index (χ1) is 7.31. The van der Waals surface area contributed by atoms with Crippen LogP contribution in [0.3, 0.4) is 0 Å². The maximum Gasteiger partial charge on any atom is 0.191 e. The van der Waals surface area contributed by atoms with Crippen molar-refractivity contribution in [1.82, 2.24) is 4.98 Å². The highest BCUT2D eigenvalue weighted by atomic mass is 32.1. The number of hydrogen-bond donors (Lipinski definition) is 1. The van der Waals surface area contributed by atoms with Crippen molar-refractivity contribution in [2.24, 2.45) is 5.73 Å². The molecule has 0 aliphatic heterocycles. The van der Waals surface area contributed by atoms with Crippen molar-refractivity contribution in [2.45, 2.75) is 12.8 Å². The van der Waals surface area contributed by atoms with E-state index in [-0.39, 0.29) is 5.78 Å². The topological polar surface area (TPSA) is 56.0 Å². The smallest absolute Gasteiger partial charge is 0.191 e. The maximum atomic E-state index is 11.7. The molecule has 0 radical (unpaired) electrons. The van der Waals surface area contributed by atoms with Crippen LogP contribution in [0.2, 0.25) is 0 Å². The minimum absolute atomic E-state index is 0.0987. The molecule has 2 aromatic rings. The van der Waals surface area contributed by atoms with Crippen LogP contribution in [0.25, 0.3) is 10.2 Å². The summed E-state index contributed by atoms with van der Waals surface area (Å²) in [4.78, 5) is 16.0. The van der Waals surface area contributed by atoms with Crippen molar-refractivity contribution in [2.75, 3.05) is 6.54 Å². The van der Waals surface area contributed by atoms with E-state index in [4.69, 9.17) is 5.73 Å². The van der Waals surface area contributed by atoms with Crippen molar-refractivity contribution in [1.29, 1.82) is 0 Å². The van der Waals surface area contributed by atoms with E-state index < -0.39 is 0 Å². The van der Waals surface area contributed by atoms with Gasteiger partial charge >= 0.3 is 0 Å². The molecule has 1 aromatic heterocycles. The fourth-order valence-electron chi connectivity index (χ4n) is 1.36. The summed E-state index contributed by atoms with van der Waals surface area (Å²) >= 11 is 1.45. The Morgan fingerprint density at radius 3 is 2.93 bits per heavy atom. The van der Waals surface area contributed by atoms with Gasteiger partial charge in [-0.2, -0.15) is 0 Å². The van der Waals surface area contributed by atoms with Crippen LogP contribution in [-0.4, -0.2) is 17.3 Å². The quantitative estimate of drug-likeness (QED) is 0.804. The molecular formula is C11H12N2OS. The highest BCUT2D eigenvalue weighted by molar-refractivity contribution is 7.20. The second-order valence-corrected chi connectivity index (χ2v) is 4.33. The molecule has 4 heteroatoms. The predicted octanol–water partition coefficient (Wildman–Crippen LogP) is 2.22. The van der Waals surface area contributed by atoms with Gasteiger partial charge in [0.25, 0.3) is 0 Å². The number of rotatable bonds is 4. The van der Waals surface area contributed by atoms with E-state index in [9.17, 15) is 4.79 Å². The molecule has 0 aliphatic rings. The zero-order chi connectivity index (χ0) is 10.7. The van der Waals surface area contributed by atoms with Crippen LogP contribution in [-0.2, 0) is 0 Å². The third-order valence-electron chi connectivity index (χ3n) is 2.14. The highest BCUT2D eigenvalue weighted by Gasteiger charge is 2.10. The Labute approximate surface area is 91.9 Å². The van der Waals surface area contributed by atoms with Crippen molar-refractivity contribution in [3.05, 3.63) is 29.3 Å². The molecule has 0 saturated heterocycles. The van der Waals surface area contributed by atoms with Crippen molar-refractivity contribution >= 4 is 27.3 Å². The third-order valence-corrected chi connectivity index (χ3v) is 3.22. The number of carbonyl (C=O) groups excluding carboxylic acids is 1. The largest absolute Gasteiger partial charge is 0.330 e. The van der Waals surface area contributed by atoms with Gasteiger partial charge in [-0.15, -0.1) is 11.3 Å². The number of carbonyl (C=O) groups is 1. The molecule has 0 bridgehead atoms. The van der Waals surface area contributed by atoms with Crippen molar-refractivity contribution in [3.8, 4) is 0 Å². The molecule has 3 nitrogen and oxygen atoms in total. The van der Waals surface area contributed by atoms with Gasteiger partial charge in [0.05, 0.1) is 10.2 Å². The van der Waals surface area contributed by atoms with E-state index in [0.717, 1.165) is 16.6 Å². The fourth-order valence-corrected chi connectivity index (χ4v) is 2.29. The molecule has 0 fully saturated rings. The molecule has 0 aliphatic carbocycles. The van der Waals surface area contributed by atoms with Gasteiger partial charge in [-0.05, 0) is 25.1 Å². The Bertz CT molecular complexity index is 445. The van der Waals surface area contributed by atoms with Gasteiger partial charge in [0.2, 0.25) is 0 Å². The highest BCUT2D eigenvalue weighted by Crippen LogP contribution is 2.22. The molecule has 1 heterocycles. The number of thiazole rings is 1. The fraction of sp³-hybridized carbons (Fsp3) is 0.273. The number of nitrogens with zero attached hydrogens (tertiary/aromatic N) is 1. The third kappa shape index (κ3) is 2.22. The summed E-state index contributed by atoms with van der Waals surface area (Å²) in [6.45, 7) is 0.552. The Kier molecular flexibility index (Phi) is 3.08. The van der Waals surface area contributed by atoms with Crippen molar-refractivity contribution in [3.63, 3.8) is 0 Å². The van der Waals surface area contributed by atoms with Crippen LogP contribution in [0.5, 0.6) is 0 Å². The van der Waals surface area contributed by atoms with Gasteiger partial charge < -0.3 is 5.73 Å². The summed E-state index contributed by atoms with van der Waals surface area (Å²) in [7, 11) is 0. The monoisotopic (exact) mass is 220 g/mol. The number of hydrogen-bond acceptors (Lipinski definition) is 4. The van der Waals surface area contributed by atoms with Gasteiger partial charge in [0.1, 0.15) is 0 Å². The lowest BCUT2D eigenvalue weighted by Crippen LogP contribution is -2.04. The first-order valence-electron chi connectivity index (χ1n) is 4.90. The number of ketones is 1. The Hall–Kier alpha value is -1.26. The average molecular weight is 220 g/mol. The normalized spacial score (nSPS) is 10.7. The second-order valence-electron chi connectivity index (χ2n) is 3.30. The Morgan fingerprint density at radius 2 is 2.20 bits per heavy atom. The molecule has 0 unspecified atom stereocenters. The summed E-state index contributed by atoms with van der Waals surface area (Å²) in [6, 6.07) is 7.78. The molecule has 0 atom stereocenters. The zero-order valence-electron chi connectivity index (χ0n) is 8.27. The SMILES string of the molecule is NCCCC(=O)c1nc2ccccc2s1. The van der Waals surface area contributed by atoms with Crippen LogP contribution in [0.1, 0.15) is 22.6 Å². The van der Waals surface area contributed by atoms with Crippen LogP contribution in [0.4, 0.5) is 0 Å². The van der Waals surface area contributed by atoms with Gasteiger partial charge in [-0.25, -0.2) is 4.98 Å². The summed E-state index contributed by atoms with van der Waals surface area (Å²) in [5.41, 5.74) is 6.26. The van der Waals surface area contributed by atoms with E-state index in [2.05, 4.69) is 4.98 Å². The van der Waals surface area contributed by atoms with Gasteiger partial charge in [-0.1, -0.05) is 12.1 Å². The minimum Gasteiger partial charge on any atom is -0.330 e. The second kappa shape index (κ2) is 4.51. The molecule has 2 rings (SSSR count). The summed E-state index contributed by atoms with van der Waals surface area (Å²) in [5, 5.41) is 0.602. The standard InChI is InChI=1S/C11H12N2OS/c12-7-3-5-9(14)11-13-8-4-1-2-6-10(8)15-11/h1-2,4,6H,3,5,7,12H2. The van der Waals surface area contributed by atoms with Crippen LogP contribution >= 0.6 is 11.3 Å². The van der Waals surface area contributed by atoms with E-state index >= 15 is 0 Å². The Morgan fingerprint density at radius 1 is 1.40 bits per heavy atom. The molecule has 1 aromatic carbocycles. The van der Waals surface area contributed by atoms with Gasteiger partial charge in [0, 0.05) is 6.42 Å². The summed E-state index contributed by atoms with van der Waals surface area (Å²) in [5.74, 6) is 0.0987. The summed E-state index contributed by atoms with van der Waals surface area (Å²) in [6.07, 6.45) is 1.23. The lowest BCUT2D eigenvalue weighted by Gasteiger charge is -1.92. The van der Waals surface area contributed by atoms with E-state index in [1.54, 1.807) is 0 Å². The van der Waals surface area contributed by atoms with Crippen LogP contribution in [0.15, 0.2) is 24.3 Å². The number of aromatic nitrogens is 1. The predicted molar refractivity (Wildman–Crippen MR) is 62.2 cm³/mol. The Balaban J connectivity index is 2.25. The van der Waals surface area contributed by atoms with E-state index in [0.29, 0.717) is 18.0 Å². The van der Waals surface area contributed by atoms with Crippen LogP contribution in [0, 0.1) is 0 Å². The first kappa shape index (κ1) is 10.3. The number of nitrogens with two attached hydrogens (primary N) is 1. The molecular weight excluding hydrogens is 208 g/mol. The number of para-hydroxylation sites is 1. The number of Topliss-reactive ketones (excluding diaryl/α,β-unsaturated/α-hetero) is 1. The maximum absolute atomic E-state index is 11.7.